The number of carboxylic acid groups (broad SMARTS) is 1. The molecule has 4 heterocycles. The molecule has 1 atom stereocenters. The van der Waals surface area contributed by atoms with Gasteiger partial charge in [-0.25, -0.2) is 9.97 Å². The van der Waals surface area contributed by atoms with Crippen molar-refractivity contribution >= 4 is 11.8 Å². The molecule has 0 aliphatic carbocycles. The van der Waals surface area contributed by atoms with E-state index in [0.29, 0.717) is 12.5 Å². The number of rotatable bonds is 11. The number of aryl methyl sites for hydroxylation is 3. The number of fused-ring (bicyclic) bond motifs is 1. The van der Waals surface area contributed by atoms with Crippen LogP contribution in [-0.2, 0) is 30.7 Å². The number of aromatic nitrogens is 4. The standard InChI is InChI=1S/C29H31N5O3/c35-28(36)18-26(23-12-14-27(31-19-23)37-20-21-6-2-1-3-7-21)34-17-15-25(33-34)10-4-9-24-13-11-22-8-5-16-30-29(22)32-24/h1-3,6-7,11-15,17,19,26H,4-5,8-10,16,18,20H2,(H,30,32)(H,35,36)/t26-/m0/s1. The maximum Gasteiger partial charge on any atom is 0.305 e. The molecule has 0 saturated heterocycles. The quantitative estimate of drug-likeness (QED) is 0.305. The molecule has 37 heavy (non-hydrogen) atoms. The molecule has 3 aromatic heterocycles. The molecule has 0 spiro atoms. The highest BCUT2D eigenvalue weighted by atomic mass is 16.5. The highest BCUT2D eigenvalue weighted by Crippen LogP contribution is 2.24. The van der Waals surface area contributed by atoms with E-state index in [1.54, 1.807) is 16.9 Å². The average Bonchev–Trinajstić information content (AvgIpc) is 3.40. The predicted octanol–water partition coefficient (Wildman–Crippen LogP) is 4.85. The van der Waals surface area contributed by atoms with E-state index in [2.05, 4.69) is 22.4 Å². The number of ether oxygens (including phenoxy) is 1. The number of pyridine rings is 2. The molecular formula is C29H31N5O3. The van der Waals surface area contributed by atoms with E-state index in [-0.39, 0.29) is 6.42 Å². The Bertz CT molecular complexity index is 1320. The summed E-state index contributed by atoms with van der Waals surface area (Å²) in [6.45, 7) is 1.41. The van der Waals surface area contributed by atoms with Crippen LogP contribution in [0.2, 0.25) is 0 Å². The van der Waals surface area contributed by atoms with Crippen LogP contribution >= 0.6 is 0 Å². The highest BCUT2D eigenvalue weighted by molar-refractivity contribution is 5.68. The second kappa shape index (κ2) is 11.7. The van der Waals surface area contributed by atoms with E-state index in [1.807, 2.05) is 48.7 Å². The summed E-state index contributed by atoms with van der Waals surface area (Å²) in [5.74, 6) is 0.627. The van der Waals surface area contributed by atoms with Crippen molar-refractivity contribution in [3.63, 3.8) is 0 Å². The lowest BCUT2D eigenvalue weighted by molar-refractivity contribution is -0.137. The van der Waals surface area contributed by atoms with Crippen LogP contribution in [0.4, 0.5) is 5.82 Å². The van der Waals surface area contributed by atoms with Gasteiger partial charge in [0.15, 0.2) is 0 Å². The first kappa shape index (κ1) is 24.5. The molecule has 0 unspecified atom stereocenters. The number of carbonyl (C=O) groups is 1. The Labute approximate surface area is 216 Å². The number of anilines is 1. The van der Waals surface area contributed by atoms with Crippen LogP contribution in [0, 0.1) is 0 Å². The minimum Gasteiger partial charge on any atom is -0.481 e. The van der Waals surface area contributed by atoms with Gasteiger partial charge >= 0.3 is 5.97 Å². The Morgan fingerprint density at radius 1 is 1.05 bits per heavy atom. The summed E-state index contributed by atoms with van der Waals surface area (Å²) >= 11 is 0. The van der Waals surface area contributed by atoms with E-state index in [0.717, 1.165) is 67.0 Å². The minimum absolute atomic E-state index is 0.0843. The molecule has 190 valence electrons. The van der Waals surface area contributed by atoms with Crippen LogP contribution in [-0.4, -0.2) is 37.4 Å². The van der Waals surface area contributed by atoms with Crippen molar-refractivity contribution in [3.05, 3.63) is 101 Å². The van der Waals surface area contributed by atoms with Crippen molar-refractivity contribution < 1.29 is 14.6 Å². The summed E-state index contributed by atoms with van der Waals surface area (Å²) in [7, 11) is 0. The van der Waals surface area contributed by atoms with Crippen molar-refractivity contribution in [3.8, 4) is 5.88 Å². The smallest absolute Gasteiger partial charge is 0.305 e. The highest BCUT2D eigenvalue weighted by Gasteiger charge is 2.20. The third kappa shape index (κ3) is 6.52. The molecule has 2 N–H and O–H groups in total. The number of hydrogen-bond acceptors (Lipinski definition) is 6. The summed E-state index contributed by atoms with van der Waals surface area (Å²) in [5, 5.41) is 17.6. The molecule has 0 saturated carbocycles. The molecule has 5 rings (SSSR count). The van der Waals surface area contributed by atoms with Crippen LogP contribution in [0.5, 0.6) is 5.88 Å². The summed E-state index contributed by atoms with van der Waals surface area (Å²) in [6, 6.07) is 19.3. The zero-order valence-electron chi connectivity index (χ0n) is 20.7. The van der Waals surface area contributed by atoms with Gasteiger partial charge in [0.1, 0.15) is 12.4 Å². The maximum absolute atomic E-state index is 11.6. The van der Waals surface area contributed by atoms with Crippen molar-refractivity contribution in [1.82, 2.24) is 19.7 Å². The zero-order chi connectivity index (χ0) is 25.5. The van der Waals surface area contributed by atoms with Crippen LogP contribution in [0.1, 0.15) is 53.4 Å². The molecule has 8 heteroatoms. The number of hydrogen-bond donors (Lipinski definition) is 2. The summed E-state index contributed by atoms with van der Waals surface area (Å²) in [6.07, 6.45) is 8.26. The van der Waals surface area contributed by atoms with Gasteiger partial charge < -0.3 is 15.2 Å². The first-order chi connectivity index (χ1) is 18.1. The van der Waals surface area contributed by atoms with Crippen molar-refractivity contribution in [2.45, 2.75) is 51.2 Å². The summed E-state index contributed by atoms with van der Waals surface area (Å²) in [4.78, 5) is 20.8. The Balaban J connectivity index is 1.20. The first-order valence-corrected chi connectivity index (χ1v) is 12.8. The summed E-state index contributed by atoms with van der Waals surface area (Å²) < 4.78 is 7.50. The largest absolute Gasteiger partial charge is 0.481 e. The molecule has 4 aromatic rings. The lowest BCUT2D eigenvalue weighted by Crippen LogP contribution is -2.16. The van der Waals surface area contributed by atoms with Gasteiger partial charge in [0.05, 0.1) is 18.2 Å². The van der Waals surface area contributed by atoms with Gasteiger partial charge in [-0.1, -0.05) is 36.4 Å². The van der Waals surface area contributed by atoms with Crippen molar-refractivity contribution in [2.75, 3.05) is 11.9 Å². The predicted molar refractivity (Wildman–Crippen MR) is 141 cm³/mol. The fourth-order valence-corrected chi connectivity index (χ4v) is 4.58. The maximum atomic E-state index is 11.6. The van der Waals surface area contributed by atoms with Gasteiger partial charge in [-0.3, -0.25) is 9.48 Å². The Morgan fingerprint density at radius 3 is 2.73 bits per heavy atom. The van der Waals surface area contributed by atoms with Gasteiger partial charge in [-0.2, -0.15) is 5.10 Å². The Morgan fingerprint density at radius 2 is 1.92 bits per heavy atom. The van der Waals surface area contributed by atoms with Crippen molar-refractivity contribution in [1.29, 1.82) is 0 Å². The van der Waals surface area contributed by atoms with Gasteiger partial charge in [0, 0.05) is 30.7 Å². The molecule has 1 aromatic carbocycles. The van der Waals surface area contributed by atoms with Crippen LogP contribution in [0.15, 0.2) is 73.1 Å². The molecule has 0 bridgehead atoms. The first-order valence-electron chi connectivity index (χ1n) is 12.8. The molecule has 0 radical (unpaired) electrons. The number of nitrogens with zero attached hydrogens (tertiary/aromatic N) is 4. The van der Waals surface area contributed by atoms with Gasteiger partial charge in [-0.05, 0) is 67.0 Å². The molecule has 1 aliphatic heterocycles. The molecular weight excluding hydrogens is 466 g/mol. The fourth-order valence-electron chi connectivity index (χ4n) is 4.58. The lowest BCUT2D eigenvalue weighted by atomic mass is 10.1. The number of carboxylic acids is 1. The molecule has 1 aliphatic rings. The SMILES string of the molecule is O=C(O)C[C@@H](c1ccc(OCc2ccccc2)nc1)n1ccc(CCCc2ccc3c(n2)NCCC3)n1. The van der Waals surface area contributed by atoms with Crippen LogP contribution in [0.3, 0.4) is 0 Å². The number of aliphatic carboxylic acids is 1. The van der Waals surface area contributed by atoms with Crippen LogP contribution in [0.25, 0.3) is 0 Å². The monoisotopic (exact) mass is 497 g/mol. The van der Waals surface area contributed by atoms with E-state index >= 15 is 0 Å². The third-order valence-corrected chi connectivity index (χ3v) is 6.54. The second-order valence-electron chi connectivity index (χ2n) is 9.30. The summed E-state index contributed by atoms with van der Waals surface area (Å²) in [5.41, 5.74) is 5.14. The fraction of sp³-hybridized carbons (Fsp3) is 0.310. The van der Waals surface area contributed by atoms with Gasteiger partial charge in [0.25, 0.3) is 0 Å². The molecule has 0 amide bonds. The number of benzene rings is 1. The number of nitrogens with one attached hydrogen (secondary N) is 1. The Kier molecular flexibility index (Phi) is 7.74. The van der Waals surface area contributed by atoms with E-state index in [9.17, 15) is 9.90 Å². The Hall–Kier alpha value is -4.20. The van der Waals surface area contributed by atoms with Crippen molar-refractivity contribution in [2.24, 2.45) is 0 Å². The van der Waals surface area contributed by atoms with E-state index in [1.165, 1.54) is 5.56 Å². The molecule has 8 nitrogen and oxygen atoms in total. The lowest BCUT2D eigenvalue weighted by Gasteiger charge is -2.17. The minimum atomic E-state index is -0.890. The molecule has 0 fully saturated rings. The van der Waals surface area contributed by atoms with Crippen LogP contribution < -0.4 is 10.1 Å². The third-order valence-electron chi connectivity index (χ3n) is 6.54. The zero-order valence-corrected chi connectivity index (χ0v) is 20.7. The second-order valence-corrected chi connectivity index (χ2v) is 9.30. The van der Waals surface area contributed by atoms with E-state index in [4.69, 9.17) is 14.8 Å². The average molecular weight is 498 g/mol. The van der Waals surface area contributed by atoms with Gasteiger partial charge in [0.2, 0.25) is 5.88 Å². The normalized spacial score (nSPS) is 13.4. The van der Waals surface area contributed by atoms with Gasteiger partial charge in [-0.15, -0.1) is 0 Å². The topological polar surface area (TPSA) is 102 Å². The van der Waals surface area contributed by atoms with E-state index < -0.39 is 12.0 Å².